The Bertz CT molecular complexity index is 2940. The zero-order valence-corrected chi connectivity index (χ0v) is 37.1. The van der Waals surface area contributed by atoms with E-state index in [1.54, 1.807) is 6.07 Å². The number of carboxylic acid groups (broad SMARTS) is 1. The van der Waals surface area contributed by atoms with Crippen LogP contribution in [0, 0.1) is 11.3 Å². The molecule has 6 nitrogen and oxygen atoms in total. The summed E-state index contributed by atoms with van der Waals surface area (Å²) in [5.41, 5.74) is 13.9. The highest BCUT2D eigenvalue weighted by atomic mass is 16.4. The molecular weight excluding hydrogens is 833 g/mol. The van der Waals surface area contributed by atoms with E-state index in [2.05, 4.69) is 233 Å². The van der Waals surface area contributed by atoms with Gasteiger partial charge in [-0.15, -0.1) is 0 Å². The predicted octanol–water partition coefficient (Wildman–Crippen LogP) is 16.4. The van der Waals surface area contributed by atoms with Crippen molar-refractivity contribution < 1.29 is 9.90 Å². The van der Waals surface area contributed by atoms with Crippen LogP contribution in [0.25, 0.3) is 30.4 Å². The van der Waals surface area contributed by atoms with Gasteiger partial charge in [-0.05, 0) is 143 Å². The van der Waals surface area contributed by atoms with E-state index in [0.717, 1.165) is 73.4 Å². The average Bonchev–Trinajstić information content (AvgIpc) is 3.40. The molecule has 0 spiro atoms. The lowest BCUT2D eigenvalue weighted by molar-refractivity contribution is -0.132. The van der Waals surface area contributed by atoms with Gasteiger partial charge in [0.25, 0.3) is 0 Å². The van der Waals surface area contributed by atoms with Gasteiger partial charge >= 0.3 is 5.97 Å². The summed E-state index contributed by atoms with van der Waals surface area (Å²) in [7, 11) is 0. The molecule has 1 N–H and O–H groups in total. The van der Waals surface area contributed by atoms with Gasteiger partial charge in [0.15, 0.2) is 0 Å². The fraction of sp³-hybridized carbons (Fsp3) is 0. The van der Waals surface area contributed by atoms with E-state index in [9.17, 15) is 15.2 Å². The molecule has 0 amide bonds. The highest BCUT2D eigenvalue weighted by Gasteiger charge is 2.15. The molecule has 6 heteroatoms. The Kier molecular flexibility index (Phi) is 13.5. The molecule has 68 heavy (non-hydrogen) atoms. The Morgan fingerprint density at radius 1 is 0.324 bits per heavy atom. The lowest BCUT2D eigenvalue weighted by atomic mass is 10.1. The molecule has 0 aliphatic carbocycles. The van der Waals surface area contributed by atoms with E-state index >= 15 is 0 Å². The summed E-state index contributed by atoms with van der Waals surface area (Å²) in [6, 6.07) is 84.7. The van der Waals surface area contributed by atoms with Gasteiger partial charge in [0, 0.05) is 51.2 Å². The van der Waals surface area contributed by atoms with Crippen molar-refractivity contribution in [3.8, 4) is 6.07 Å². The number of carboxylic acids is 1. The summed E-state index contributed by atoms with van der Waals surface area (Å²) in [5.74, 6) is -1.26. The van der Waals surface area contributed by atoms with Crippen LogP contribution >= 0.6 is 0 Å². The SMILES string of the molecule is N#C/C(=C\c1ccc(N(c2ccc(/C=C/c3ccc(N(c4ccccc4)c4ccccc4)cc3)cc2)c2ccc(/C=C/c3ccc(N(c4ccccc4)c4ccccc4)cc3)cc2)cc1)C(=O)O. The maximum atomic E-state index is 11.5. The fourth-order valence-corrected chi connectivity index (χ4v) is 8.00. The summed E-state index contributed by atoms with van der Waals surface area (Å²) in [5, 5.41) is 18.8. The molecule has 0 saturated heterocycles. The van der Waals surface area contributed by atoms with E-state index in [0.29, 0.717) is 5.56 Å². The first kappa shape index (κ1) is 43.8. The maximum Gasteiger partial charge on any atom is 0.346 e. The van der Waals surface area contributed by atoms with Crippen LogP contribution in [0.4, 0.5) is 51.2 Å². The molecule has 0 atom stereocenters. The maximum absolute atomic E-state index is 11.5. The third-order valence-electron chi connectivity index (χ3n) is 11.4. The van der Waals surface area contributed by atoms with Gasteiger partial charge in [-0.1, -0.05) is 158 Å². The molecule has 326 valence electrons. The minimum absolute atomic E-state index is 0.323. The van der Waals surface area contributed by atoms with Gasteiger partial charge < -0.3 is 19.8 Å². The van der Waals surface area contributed by atoms with Crippen LogP contribution < -0.4 is 14.7 Å². The minimum Gasteiger partial charge on any atom is -0.477 e. The molecular formula is C62H46N4O2. The summed E-state index contributed by atoms with van der Waals surface area (Å²) < 4.78 is 0. The van der Waals surface area contributed by atoms with Crippen molar-refractivity contribution in [1.29, 1.82) is 5.26 Å². The quantitative estimate of drug-likeness (QED) is 0.0628. The van der Waals surface area contributed by atoms with Crippen LogP contribution in [-0.2, 0) is 4.79 Å². The van der Waals surface area contributed by atoms with E-state index in [1.807, 2.05) is 48.5 Å². The number of carbonyl (C=O) groups is 1. The van der Waals surface area contributed by atoms with E-state index in [1.165, 1.54) is 6.08 Å². The molecule has 0 heterocycles. The smallest absolute Gasteiger partial charge is 0.346 e. The van der Waals surface area contributed by atoms with Gasteiger partial charge in [-0.25, -0.2) is 4.79 Å². The number of hydrogen-bond donors (Lipinski definition) is 1. The fourth-order valence-electron chi connectivity index (χ4n) is 8.00. The summed E-state index contributed by atoms with van der Waals surface area (Å²) in [4.78, 5) is 18.2. The normalized spacial score (nSPS) is 11.3. The molecule has 0 unspecified atom stereocenters. The number of benzene rings is 9. The Balaban J connectivity index is 0.944. The Labute approximate surface area is 397 Å². The number of rotatable bonds is 15. The van der Waals surface area contributed by atoms with Gasteiger partial charge in [-0.3, -0.25) is 0 Å². The summed E-state index contributed by atoms with van der Waals surface area (Å²) in [6.07, 6.45) is 9.85. The molecule has 0 aromatic heterocycles. The third-order valence-corrected chi connectivity index (χ3v) is 11.4. The monoisotopic (exact) mass is 878 g/mol. The molecule has 9 aromatic carbocycles. The molecule has 0 aliphatic heterocycles. The second kappa shape index (κ2) is 21.0. The standard InChI is InChI=1S/C62H46N4O2/c63-46-52(62(67)68)45-51-33-43-61(44-34-51)66(59-39-29-49(30-40-59)23-21-47-25-35-57(36-26-47)64(53-13-5-1-6-14-53)54-15-7-2-8-16-54)60-41-31-50(32-42-60)24-22-48-27-37-58(38-28-48)65(55-17-9-3-10-18-55)56-19-11-4-12-20-56/h1-45H,(H,67,68)/b23-21+,24-22+,52-45+. The van der Waals surface area contributed by atoms with E-state index < -0.39 is 5.97 Å². The molecule has 9 rings (SSSR count). The van der Waals surface area contributed by atoms with Crippen molar-refractivity contribution in [3.05, 3.63) is 276 Å². The minimum atomic E-state index is -1.26. The zero-order valence-electron chi connectivity index (χ0n) is 37.1. The van der Waals surface area contributed by atoms with Crippen LogP contribution in [-0.4, -0.2) is 11.1 Å². The number of nitrogens with zero attached hydrogens (tertiary/aromatic N) is 4. The number of nitriles is 1. The van der Waals surface area contributed by atoms with Gasteiger partial charge in [0.1, 0.15) is 11.6 Å². The Morgan fingerprint density at radius 3 is 0.735 bits per heavy atom. The number of aliphatic carboxylic acids is 1. The van der Waals surface area contributed by atoms with Crippen molar-refractivity contribution >= 4 is 87.5 Å². The van der Waals surface area contributed by atoms with Crippen molar-refractivity contribution in [2.45, 2.75) is 0 Å². The van der Waals surface area contributed by atoms with Crippen LogP contribution in [0.1, 0.15) is 27.8 Å². The van der Waals surface area contributed by atoms with Gasteiger partial charge in [-0.2, -0.15) is 5.26 Å². The third kappa shape index (κ3) is 10.6. The first-order valence-corrected chi connectivity index (χ1v) is 22.3. The average molecular weight is 879 g/mol. The number of para-hydroxylation sites is 4. The van der Waals surface area contributed by atoms with Crippen LogP contribution in [0.5, 0.6) is 0 Å². The Hall–Kier alpha value is -9.44. The predicted molar refractivity (Wildman–Crippen MR) is 282 cm³/mol. The summed E-state index contributed by atoms with van der Waals surface area (Å²) in [6.45, 7) is 0. The summed E-state index contributed by atoms with van der Waals surface area (Å²) >= 11 is 0. The zero-order chi connectivity index (χ0) is 46.5. The Morgan fingerprint density at radius 2 is 0.529 bits per heavy atom. The molecule has 9 aromatic rings. The molecule has 0 radical (unpaired) electrons. The molecule has 0 aliphatic rings. The highest BCUT2D eigenvalue weighted by molar-refractivity contribution is 5.96. The highest BCUT2D eigenvalue weighted by Crippen LogP contribution is 2.38. The number of anilines is 9. The lowest BCUT2D eigenvalue weighted by Gasteiger charge is -2.26. The van der Waals surface area contributed by atoms with Crippen molar-refractivity contribution in [3.63, 3.8) is 0 Å². The first-order valence-electron chi connectivity index (χ1n) is 22.3. The van der Waals surface area contributed by atoms with Crippen LogP contribution in [0.15, 0.2) is 248 Å². The topological polar surface area (TPSA) is 70.8 Å². The van der Waals surface area contributed by atoms with Crippen molar-refractivity contribution in [1.82, 2.24) is 0 Å². The van der Waals surface area contributed by atoms with Crippen molar-refractivity contribution in [2.75, 3.05) is 14.7 Å². The van der Waals surface area contributed by atoms with E-state index in [4.69, 9.17) is 0 Å². The molecule has 0 bridgehead atoms. The second-order valence-electron chi connectivity index (χ2n) is 15.9. The second-order valence-corrected chi connectivity index (χ2v) is 15.9. The van der Waals surface area contributed by atoms with Crippen LogP contribution in [0.3, 0.4) is 0 Å². The lowest BCUT2D eigenvalue weighted by Crippen LogP contribution is -2.10. The van der Waals surface area contributed by atoms with Crippen molar-refractivity contribution in [2.24, 2.45) is 0 Å². The van der Waals surface area contributed by atoms with E-state index in [-0.39, 0.29) is 5.57 Å². The van der Waals surface area contributed by atoms with Gasteiger partial charge in [0.2, 0.25) is 0 Å². The first-order chi connectivity index (χ1) is 33.5. The van der Waals surface area contributed by atoms with Gasteiger partial charge in [0.05, 0.1) is 0 Å². The number of hydrogen-bond acceptors (Lipinski definition) is 5. The largest absolute Gasteiger partial charge is 0.477 e. The molecule has 0 fully saturated rings. The molecule has 0 saturated carbocycles. The van der Waals surface area contributed by atoms with Crippen LogP contribution in [0.2, 0.25) is 0 Å².